The molecule has 0 spiro atoms. The second kappa shape index (κ2) is 27.1. The zero-order chi connectivity index (χ0) is 49.9. The number of benzene rings is 3. The molecular weight excluding hydrogens is 881 g/mol. The number of nitrogens with one attached hydrogen (secondary N) is 2. The standard InChI is InChI=1S/C29H36O7.C13H14N2OS.C12H24N2O/c1-21-4-5-23(18-25(21)28-26(31)19-29(2,3)20-27(28)32)22-6-8-24(9-7-22)36-17-16-35-15-14-34-13-12-33-11-10-30;1-9(14-7-16)11-3-5-12(6-4-11)13-10(2)15-8-17-13;1-9-7-6-8-14(9)11(15)10(13-5)12(2,3)4/h4-10,18,31H,11-17,19-20H2,1-3H3;3-9H,1-2H3,(H,14,16);9-10,13H,6-8H2,1-5H3. The zero-order valence-electron chi connectivity index (χ0n) is 41.8. The number of thiazole rings is 1. The fourth-order valence-corrected chi connectivity index (χ4v) is 9.06. The molecule has 1 aliphatic carbocycles. The van der Waals surface area contributed by atoms with Crippen LogP contribution in [0.4, 0.5) is 0 Å². The maximum atomic E-state index is 12.8. The molecule has 1 saturated heterocycles. The van der Waals surface area contributed by atoms with Crippen molar-refractivity contribution in [3.05, 3.63) is 100 Å². The largest absolute Gasteiger partial charge is 0.512 e. The number of aldehydes is 1. The summed E-state index contributed by atoms with van der Waals surface area (Å²) >= 11 is 1.64. The van der Waals surface area contributed by atoms with E-state index in [1.165, 1.54) is 10.4 Å². The summed E-state index contributed by atoms with van der Waals surface area (Å²) < 4.78 is 21.6. The van der Waals surface area contributed by atoms with E-state index >= 15 is 0 Å². The number of carbonyl (C=O) groups excluding carboxylic acids is 4. The summed E-state index contributed by atoms with van der Waals surface area (Å²) in [7, 11) is 1.87. The highest BCUT2D eigenvalue weighted by Gasteiger charge is 2.36. The highest BCUT2D eigenvalue weighted by Crippen LogP contribution is 2.41. The molecule has 4 aromatic rings. The van der Waals surface area contributed by atoms with E-state index in [4.69, 9.17) is 18.9 Å². The molecule has 370 valence electrons. The maximum absolute atomic E-state index is 12.8. The number of allylic oxidation sites excluding steroid dienone is 2. The van der Waals surface area contributed by atoms with Crippen LogP contribution in [0.3, 0.4) is 0 Å². The van der Waals surface area contributed by atoms with Gasteiger partial charge in [-0.2, -0.15) is 0 Å². The Hall–Kier alpha value is -5.25. The van der Waals surface area contributed by atoms with Crippen molar-refractivity contribution in [2.24, 2.45) is 10.8 Å². The molecule has 14 heteroatoms. The summed E-state index contributed by atoms with van der Waals surface area (Å²) in [4.78, 5) is 53.1. The van der Waals surface area contributed by atoms with E-state index in [-0.39, 0.29) is 47.0 Å². The lowest BCUT2D eigenvalue weighted by Crippen LogP contribution is -2.52. The summed E-state index contributed by atoms with van der Waals surface area (Å²) in [6, 6.07) is 22.4. The van der Waals surface area contributed by atoms with Crippen LogP contribution in [0, 0.1) is 24.7 Å². The molecule has 0 radical (unpaired) electrons. The van der Waals surface area contributed by atoms with Crippen molar-refractivity contribution in [3.8, 4) is 27.3 Å². The molecule has 3 N–H and O–H groups in total. The van der Waals surface area contributed by atoms with Gasteiger partial charge in [0.25, 0.3) is 0 Å². The van der Waals surface area contributed by atoms with Gasteiger partial charge in [-0.25, -0.2) is 4.98 Å². The first-order valence-electron chi connectivity index (χ1n) is 23.5. The second-order valence-electron chi connectivity index (χ2n) is 19.1. The number of likely N-dealkylation sites (tertiary alicyclic amines) is 1. The van der Waals surface area contributed by atoms with Crippen LogP contribution in [0.1, 0.15) is 103 Å². The molecule has 0 bridgehead atoms. The quantitative estimate of drug-likeness (QED) is 0.0571. The molecule has 3 atom stereocenters. The van der Waals surface area contributed by atoms with Crippen LogP contribution in [0.2, 0.25) is 0 Å². The van der Waals surface area contributed by atoms with Gasteiger partial charge in [-0.1, -0.05) is 83.1 Å². The van der Waals surface area contributed by atoms with E-state index in [0.717, 1.165) is 65.1 Å². The van der Waals surface area contributed by atoms with Crippen molar-refractivity contribution in [2.75, 3.05) is 59.8 Å². The number of ether oxygens (including phenoxy) is 4. The molecule has 2 heterocycles. The van der Waals surface area contributed by atoms with Crippen LogP contribution in [0.5, 0.6) is 5.75 Å². The first kappa shape index (κ1) is 55.3. The third-order valence-electron chi connectivity index (χ3n) is 11.9. The van der Waals surface area contributed by atoms with Gasteiger partial charge in [0, 0.05) is 25.4 Å². The lowest BCUT2D eigenvalue weighted by Gasteiger charge is -2.34. The fourth-order valence-electron chi connectivity index (χ4n) is 8.25. The Morgan fingerprint density at radius 2 is 1.53 bits per heavy atom. The number of hydrogen-bond donors (Lipinski definition) is 3. The van der Waals surface area contributed by atoms with Gasteiger partial charge in [0.2, 0.25) is 12.3 Å². The molecular formula is C54H74N4O9S. The molecule has 2 aliphatic rings. The molecule has 1 fully saturated rings. The lowest BCUT2D eigenvalue weighted by atomic mass is 9.74. The van der Waals surface area contributed by atoms with E-state index in [1.807, 2.05) is 107 Å². The van der Waals surface area contributed by atoms with Crippen molar-refractivity contribution in [2.45, 2.75) is 106 Å². The molecule has 3 unspecified atom stereocenters. The van der Waals surface area contributed by atoms with Crippen molar-refractivity contribution in [1.82, 2.24) is 20.5 Å². The van der Waals surface area contributed by atoms with E-state index in [0.29, 0.717) is 70.4 Å². The minimum Gasteiger partial charge on any atom is -0.512 e. The summed E-state index contributed by atoms with van der Waals surface area (Å²) in [5.41, 5.74) is 9.12. The van der Waals surface area contributed by atoms with Crippen LogP contribution in [0.25, 0.3) is 27.1 Å². The predicted molar refractivity (Wildman–Crippen MR) is 271 cm³/mol. The van der Waals surface area contributed by atoms with Crippen LogP contribution in [-0.2, 0) is 33.4 Å². The van der Waals surface area contributed by atoms with Crippen molar-refractivity contribution < 1.29 is 43.2 Å². The number of aliphatic hydroxyl groups is 1. The maximum Gasteiger partial charge on any atom is 0.240 e. The predicted octanol–water partition coefficient (Wildman–Crippen LogP) is 9.50. The summed E-state index contributed by atoms with van der Waals surface area (Å²) in [5.74, 6) is 1.17. The van der Waals surface area contributed by atoms with Crippen LogP contribution in [-0.4, -0.2) is 111 Å². The number of aryl methyl sites for hydroxylation is 2. The molecule has 13 nitrogen and oxygen atoms in total. The number of aliphatic hydroxyl groups excluding tert-OH is 1. The lowest BCUT2D eigenvalue weighted by molar-refractivity contribution is -0.136. The molecule has 68 heavy (non-hydrogen) atoms. The van der Waals surface area contributed by atoms with Crippen molar-refractivity contribution >= 4 is 41.3 Å². The third-order valence-corrected chi connectivity index (χ3v) is 12.9. The van der Waals surface area contributed by atoms with Crippen LogP contribution in [0.15, 0.2) is 78.0 Å². The van der Waals surface area contributed by atoms with Gasteiger partial charge in [0.05, 0.1) is 66.8 Å². The van der Waals surface area contributed by atoms with Gasteiger partial charge in [-0.05, 0) is 110 Å². The van der Waals surface area contributed by atoms with E-state index in [1.54, 1.807) is 11.3 Å². The molecule has 3 aromatic carbocycles. The third kappa shape index (κ3) is 16.8. The number of hydrogen-bond acceptors (Lipinski definition) is 12. The Balaban J connectivity index is 0.000000259. The Kier molecular flexibility index (Phi) is 22.0. The number of likely N-dealkylation sites (N-methyl/N-ethyl adjacent to an activating group) is 1. The van der Waals surface area contributed by atoms with Gasteiger partial charge in [-0.3, -0.25) is 14.4 Å². The summed E-state index contributed by atoms with van der Waals surface area (Å²) in [5, 5.41) is 16.5. The Morgan fingerprint density at radius 1 is 0.912 bits per heavy atom. The Morgan fingerprint density at radius 3 is 2.07 bits per heavy atom. The van der Waals surface area contributed by atoms with Gasteiger partial charge < -0.3 is 44.4 Å². The number of nitrogens with zero attached hydrogens (tertiary/aromatic N) is 2. The Bertz CT molecular complexity index is 2250. The summed E-state index contributed by atoms with van der Waals surface area (Å²) in [6.07, 6.45) is 4.65. The molecule has 1 aromatic heterocycles. The molecule has 6 rings (SSSR count). The van der Waals surface area contributed by atoms with Gasteiger partial charge in [-0.15, -0.1) is 11.3 Å². The molecule has 1 aliphatic heterocycles. The highest BCUT2D eigenvalue weighted by atomic mass is 32.1. The van der Waals surface area contributed by atoms with Crippen molar-refractivity contribution in [3.63, 3.8) is 0 Å². The van der Waals surface area contributed by atoms with Gasteiger partial charge in [0.1, 0.15) is 31.0 Å². The summed E-state index contributed by atoms with van der Waals surface area (Å²) in [6.45, 7) is 22.0. The van der Waals surface area contributed by atoms with Gasteiger partial charge in [0.15, 0.2) is 5.78 Å². The minimum atomic E-state index is -0.224. The van der Waals surface area contributed by atoms with Gasteiger partial charge >= 0.3 is 0 Å². The first-order valence-corrected chi connectivity index (χ1v) is 24.4. The van der Waals surface area contributed by atoms with Crippen molar-refractivity contribution in [1.29, 1.82) is 0 Å². The monoisotopic (exact) mass is 955 g/mol. The number of amides is 2. The average Bonchev–Trinajstić information content (AvgIpc) is 3.93. The van der Waals surface area contributed by atoms with Crippen LogP contribution < -0.4 is 15.4 Å². The number of ketones is 1. The fraction of sp³-hybridized carbons (Fsp3) is 0.500. The number of carbonyl (C=O) groups is 4. The average molecular weight is 955 g/mol. The highest BCUT2D eigenvalue weighted by molar-refractivity contribution is 7.13. The molecule has 0 saturated carbocycles. The number of Topliss-reactive ketones (excluding diaryl/α,β-unsaturated/α-hetero) is 1. The SMILES string of the molecule is CNC(C(=O)N1CCCC1C)C(C)(C)C.Cc1ccc(-c2ccc(OCCOCCOCCOCC=O)cc2)cc1C1=C(O)CC(C)(C)CC1=O.Cc1ncsc1-c1ccc(C(C)NC=O)cc1. The minimum absolute atomic E-state index is 0.00913. The zero-order valence-corrected chi connectivity index (χ0v) is 42.6. The normalized spacial score (nSPS) is 16.5. The number of rotatable bonds is 20. The topological polar surface area (TPSA) is 166 Å². The number of aromatic nitrogens is 1. The molecule has 2 amide bonds. The smallest absolute Gasteiger partial charge is 0.240 e. The van der Waals surface area contributed by atoms with E-state index < -0.39 is 0 Å². The van der Waals surface area contributed by atoms with E-state index in [2.05, 4.69) is 55.4 Å². The second-order valence-corrected chi connectivity index (χ2v) is 20.0. The Labute approximate surface area is 408 Å². The first-order chi connectivity index (χ1) is 32.4. The van der Waals surface area contributed by atoms with E-state index in [9.17, 15) is 24.3 Å². The van der Waals surface area contributed by atoms with Crippen LogP contribution >= 0.6 is 11.3 Å².